The fourth-order valence-corrected chi connectivity index (χ4v) is 2.28. The van der Waals surface area contributed by atoms with Crippen molar-refractivity contribution in [3.05, 3.63) is 42.2 Å². The van der Waals surface area contributed by atoms with Crippen LogP contribution in [0.2, 0.25) is 0 Å². The highest BCUT2D eigenvalue weighted by Gasteiger charge is 2.20. The van der Waals surface area contributed by atoms with E-state index in [0.717, 1.165) is 23.5 Å². The molecule has 0 spiro atoms. The summed E-state index contributed by atoms with van der Waals surface area (Å²) in [5.41, 5.74) is 2.95. The van der Waals surface area contributed by atoms with E-state index in [1.807, 2.05) is 18.2 Å². The van der Waals surface area contributed by atoms with Crippen molar-refractivity contribution in [2.75, 3.05) is 25.6 Å². The number of rotatable bonds is 2. The zero-order valence-corrected chi connectivity index (χ0v) is 11.1. The number of esters is 1. The molecule has 1 aromatic heterocycles. The van der Waals surface area contributed by atoms with Crippen LogP contribution in [0.5, 0.6) is 5.75 Å². The molecule has 5 heteroatoms. The number of carbonyl (C=O) groups is 1. The van der Waals surface area contributed by atoms with E-state index < -0.39 is 0 Å². The average Bonchev–Trinajstić information content (AvgIpc) is 2.53. The Balaban J connectivity index is 2.17. The van der Waals surface area contributed by atoms with Crippen LogP contribution in [-0.4, -0.2) is 31.2 Å². The number of aromatic nitrogens is 1. The van der Waals surface area contributed by atoms with Gasteiger partial charge in [-0.3, -0.25) is 4.98 Å². The van der Waals surface area contributed by atoms with Crippen LogP contribution in [0.1, 0.15) is 10.4 Å². The van der Waals surface area contributed by atoms with Crippen molar-refractivity contribution in [2.45, 2.75) is 0 Å². The van der Waals surface area contributed by atoms with Crippen LogP contribution in [0, 0.1) is 0 Å². The molecule has 0 fully saturated rings. The van der Waals surface area contributed by atoms with E-state index in [0.29, 0.717) is 17.7 Å². The fraction of sp³-hybridized carbons (Fsp3) is 0.200. The van der Waals surface area contributed by atoms with Gasteiger partial charge in [-0.05, 0) is 12.1 Å². The molecule has 3 rings (SSSR count). The summed E-state index contributed by atoms with van der Waals surface area (Å²) in [5, 5.41) is 3.27. The SMILES string of the molecule is COC(=O)c1ccncc1-c1cccc2c1OCCN2. The molecule has 0 saturated heterocycles. The third-order valence-corrected chi connectivity index (χ3v) is 3.20. The van der Waals surface area contributed by atoms with Crippen molar-refractivity contribution < 1.29 is 14.3 Å². The Morgan fingerprint density at radius 3 is 3.10 bits per heavy atom. The van der Waals surface area contributed by atoms with Gasteiger partial charge in [-0.15, -0.1) is 0 Å². The number of nitrogens with zero attached hydrogens (tertiary/aromatic N) is 1. The number of anilines is 1. The molecule has 0 radical (unpaired) electrons. The summed E-state index contributed by atoms with van der Waals surface area (Å²) in [6.07, 6.45) is 3.23. The number of hydrogen-bond donors (Lipinski definition) is 1. The lowest BCUT2D eigenvalue weighted by Gasteiger charge is -2.22. The van der Waals surface area contributed by atoms with Gasteiger partial charge in [0, 0.05) is 30.1 Å². The van der Waals surface area contributed by atoms with Gasteiger partial charge in [-0.25, -0.2) is 4.79 Å². The van der Waals surface area contributed by atoms with Crippen molar-refractivity contribution in [3.63, 3.8) is 0 Å². The van der Waals surface area contributed by atoms with Crippen molar-refractivity contribution in [1.82, 2.24) is 4.98 Å². The number of benzene rings is 1. The van der Waals surface area contributed by atoms with E-state index in [2.05, 4.69) is 10.3 Å². The Morgan fingerprint density at radius 2 is 2.25 bits per heavy atom. The number of fused-ring (bicyclic) bond motifs is 1. The lowest BCUT2D eigenvalue weighted by molar-refractivity contribution is 0.0601. The molecule has 0 saturated carbocycles. The number of carbonyl (C=O) groups excluding carboxylic acids is 1. The molecule has 2 heterocycles. The first kappa shape index (κ1) is 12.5. The largest absolute Gasteiger partial charge is 0.489 e. The molecule has 0 bridgehead atoms. The third kappa shape index (κ3) is 2.07. The first-order valence-electron chi connectivity index (χ1n) is 6.33. The Kier molecular flexibility index (Phi) is 3.25. The molecule has 0 aliphatic carbocycles. The number of methoxy groups -OCH3 is 1. The maximum atomic E-state index is 11.9. The van der Waals surface area contributed by atoms with E-state index in [1.54, 1.807) is 18.5 Å². The first-order chi connectivity index (χ1) is 9.81. The fourth-order valence-electron chi connectivity index (χ4n) is 2.28. The molecule has 0 atom stereocenters. The van der Waals surface area contributed by atoms with E-state index in [-0.39, 0.29) is 5.97 Å². The number of pyridine rings is 1. The number of para-hydroxylation sites is 1. The molecular weight excluding hydrogens is 256 g/mol. The highest BCUT2D eigenvalue weighted by molar-refractivity contribution is 5.98. The van der Waals surface area contributed by atoms with Gasteiger partial charge in [0.05, 0.1) is 18.4 Å². The molecule has 1 aliphatic heterocycles. The maximum absolute atomic E-state index is 11.9. The summed E-state index contributed by atoms with van der Waals surface area (Å²) in [7, 11) is 1.37. The van der Waals surface area contributed by atoms with E-state index in [1.165, 1.54) is 7.11 Å². The molecular formula is C15H14N2O3. The zero-order chi connectivity index (χ0) is 13.9. The maximum Gasteiger partial charge on any atom is 0.338 e. The summed E-state index contributed by atoms with van der Waals surface area (Å²) < 4.78 is 10.6. The zero-order valence-electron chi connectivity index (χ0n) is 11.1. The Morgan fingerprint density at radius 1 is 1.35 bits per heavy atom. The monoisotopic (exact) mass is 270 g/mol. The average molecular weight is 270 g/mol. The smallest absolute Gasteiger partial charge is 0.338 e. The standard InChI is InChI=1S/C15H14N2O3/c1-19-15(18)11-5-6-16-9-12(11)10-3-2-4-13-14(10)20-8-7-17-13/h2-6,9,17H,7-8H2,1H3. The van der Waals surface area contributed by atoms with Crippen LogP contribution in [0.4, 0.5) is 5.69 Å². The normalized spacial score (nSPS) is 12.8. The summed E-state index contributed by atoms with van der Waals surface area (Å²) in [6.45, 7) is 1.37. The molecule has 102 valence electrons. The van der Waals surface area contributed by atoms with Crippen molar-refractivity contribution in [1.29, 1.82) is 0 Å². The van der Waals surface area contributed by atoms with Crippen LogP contribution in [-0.2, 0) is 4.74 Å². The quantitative estimate of drug-likeness (QED) is 0.849. The van der Waals surface area contributed by atoms with Gasteiger partial charge in [0.1, 0.15) is 12.4 Å². The van der Waals surface area contributed by atoms with E-state index in [4.69, 9.17) is 9.47 Å². The van der Waals surface area contributed by atoms with E-state index >= 15 is 0 Å². The predicted molar refractivity (Wildman–Crippen MR) is 75.0 cm³/mol. The molecule has 1 aromatic carbocycles. The molecule has 20 heavy (non-hydrogen) atoms. The molecule has 1 N–H and O–H groups in total. The number of hydrogen-bond acceptors (Lipinski definition) is 5. The molecule has 0 unspecified atom stereocenters. The summed E-state index contributed by atoms with van der Waals surface area (Å²) in [6, 6.07) is 7.43. The van der Waals surface area contributed by atoms with Crippen molar-refractivity contribution in [3.8, 4) is 16.9 Å². The molecule has 0 amide bonds. The van der Waals surface area contributed by atoms with Gasteiger partial charge < -0.3 is 14.8 Å². The Labute approximate surface area is 116 Å². The topological polar surface area (TPSA) is 60.5 Å². The van der Waals surface area contributed by atoms with Gasteiger partial charge in [-0.2, -0.15) is 0 Å². The van der Waals surface area contributed by atoms with Crippen LogP contribution < -0.4 is 10.1 Å². The van der Waals surface area contributed by atoms with Crippen LogP contribution >= 0.6 is 0 Å². The van der Waals surface area contributed by atoms with Crippen LogP contribution in [0.3, 0.4) is 0 Å². The lowest BCUT2D eigenvalue weighted by atomic mass is 10.00. The second-order valence-corrected chi connectivity index (χ2v) is 4.37. The highest BCUT2D eigenvalue weighted by atomic mass is 16.5. The van der Waals surface area contributed by atoms with Gasteiger partial charge >= 0.3 is 5.97 Å². The highest BCUT2D eigenvalue weighted by Crippen LogP contribution is 2.39. The minimum Gasteiger partial charge on any atom is -0.489 e. The van der Waals surface area contributed by atoms with Crippen LogP contribution in [0.15, 0.2) is 36.7 Å². The first-order valence-corrected chi connectivity index (χ1v) is 6.33. The predicted octanol–water partition coefficient (Wildman–Crippen LogP) is 2.34. The Hall–Kier alpha value is -2.56. The number of nitrogens with one attached hydrogen (secondary N) is 1. The number of ether oxygens (including phenoxy) is 2. The van der Waals surface area contributed by atoms with Crippen LogP contribution in [0.25, 0.3) is 11.1 Å². The summed E-state index contributed by atoms with van der Waals surface area (Å²) in [5.74, 6) is 0.362. The molecule has 2 aromatic rings. The molecule has 1 aliphatic rings. The Bertz CT molecular complexity index is 655. The van der Waals surface area contributed by atoms with Gasteiger partial charge in [-0.1, -0.05) is 12.1 Å². The minimum absolute atomic E-state index is 0.385. The van der Waals surface area contributed by atoms with Crippen molar-refractivity contribution in [2.24, 2.45) is 0 Å². The minimum atomic E-state index is -0.385. The second-order valence-electron chi connectivity index (χ2n) is 4.37. The van der Waals surface area contributed by atoms with Crippen molar-refractivity contribution >= 4 is 11.7 Å². The lowest BCUT2D eigenvalue weighted by Crippen LogP contribution is -2.18. The van der Waals surface area contributed by atoms with Gasteiger partial charge in [0.2, 0.25) is 0 Å². The summed E-state index contributed by atoms with van der Waals surface area (Å²) in [4.78, 5) is 16.0. The van der Waals surface area contributed by atoms with Gasteiger partial charge in [0.15, 0.2) is 0 Å². The van der Waals surface area contributed by atoms with Gasteiger partial charge in [0.25, 0.3) is 0 Å². The second kappa shape index (κ2) is 5.21. The third-order valence-electron chi connectivity index (χ3n) is 3.20. The summed E-state index contributed by atoms with van der Waals surface area (Å²) >= 11 is 0. The van der Waals surface area contributed by atoms with E-state index in [9.17, 15) is 4.79 Å². The molecule has 5 nitrogen and oxygen atoms in total.